The van der Waals surface area contributed by atoms with E-state index in [2.05, 4.69) is 25.6 Å². The molecule has 0 aromatic carbocycles. The van der Waals surface area contributed by atoms with Crippen LogP contribution in [0.15, 0.2) is 24.5 Å². The Labute approximate surface area is 163 Å². The van der Waals surface area contributed by atoms with E-state index in [0.29, 0.717) is 67.7 Å². The Hall–Kier alpha value is -3.07. The zero-order valence-corrected chi connectivity index (χ0v) is 16.1. The van der Waals surface area contributed by atoms with E-state index >= 15 is 0 Å². The molecule has 148 valence electrons. The van der Waals surface area contributed by atoms with Gasteiger partial charge in [0.15, 0.2) is 0 Å². The Bertz CT molecular complexity index is 851. The standard InChI is InChI=1S/C19H24N6O3/c1-13-23-12-15(19(27)25-7-9-28-10-8-25)16(24-13)4-6-22-18(26)14-3-5-21-17(11-14)20-2/h3,5,11-12H,4,6-10H2,1-2H3,(H,20,21)(H,22,26). The first-order chi connectivity index (χ1) is 13.6. The molecule has 0 spiro atoms. The SMILES string of the molecule is CNc1cc(C(=O)NCCc2nc(C)ncc2C(=O)N2CCOCC2)ccn1. The molecule has 0 radical (unpaired) electrons. The lowest BCUT2D eigenvalue weighted by molar-refractivity contribution is 0.0301. The van der Waals surface area contributed by atoms with Crippen LogP contribution in [0, 0.1) is 6.92 Å². The van der Waals surface area contributed by atoms with Gasteiger partial charge in [-0.3, -0.25) is 9.59 Å². The van der Waals surface area contributed by atoms with Crippen LogP contribution in [0.4, 0.5) is 5.82 Å². The molecular formula is C19H24N6O3. The van der Waals surface area contributed by atoms with E-state index in [-0.39, 0.29) is 11.8 Å². The molecule has 2 aromatic heterocycles. The highest BCUT2D eigenvalue weighted by molar-refractivity contribution is 5.95. The van der Waals surface area contributed by atoms with Crippen molar-refractivity contribution >= 4 is 17.6 Å². The number of hydrogen-bond acceptors (Lipinski definition) is 7. The first kappa shape index (κ1) is 19.7. The number of pyridine rings is 1. The van der Waals surface area contributed by atoms with E-state index in [1.807, 2.05) is 0 Å². The van der Waals surface area contributed by atoms with E-state index < -0.39 is 0 Å². The largest absolute Gasteiger partial charge is 0.378 e. The summed E-state index contributed by atoms with van der Waals surface area (Å²) in [5.74, 6) is 0.910. The molecule has 2 amide bonds. The van der Waals surface area contributed by atoms with Gasteiger partial charge < -0.3 is 20.3 Å². The van der Waals surface area contributed by atoms with Crippen LogP contribution >= 0.6 is 0 Å². The molecule has 1 aliphatic heterocycles. The number of anilines is 1. The van der Waals surface area contributed by atoms with Crippen LogP contribution in [0.2, 0.25) is 0 Å². The van der Waals surface area contributed by atoms with E-state index in [1.165, 1.54) is 0 Å². The van der Waals surface area contributed by atoms with Crippen LogP contribution in [-0.4, -0.2) is 71.6 Å². The van der Waals surface area contributed by atoms with Gasteiger partial charge in [-0.1, -0.05) is 0 Å². The molecule has 2 N–H and O–H groups in total. The second kappa shape index (κ2) is 9.23. The molecule has 28 heavy (non-hydrogen) atoms. The van der Waals surface area contributed by atoms with Crippen molar-refractivity contribution in [2.24, 2.45) is 0 Å². The third kappa shape index (κ3) is 4.80. The molecule has 0 bridgehead atoms. The highest BCUT2D eigenvalue weighted by Crippen LogP contribution is 2.12. The van der Waals surface area contributed by atoms with Gasteiger partial charge in [-0.2, -0.15) is 0 Å². The fourth-order valence-corrected chi connectivity index (χ4v) is 2.93. The van der Waals surface area contributed by atoms with Gasteiger partial charge in [0.2, 0.25) is 0 Å². The second-order valence-electron chi connectivity index (χ2n) is 6.37. The first-order valence-electron chi connectivity index (χ1n) is 9.20. The molecule has 0 unspecified atom stereocenters. The molecule has 9 heteroatoms. The van der Waals surface area contributed by atoms with Crippen molar-refractivity contribution in [2.45, 2.75) is 13.3 Å². The number of ether oxygens (including phenoxy) is 1. The number of nitrogens with zero attached hydrogens (tertiary/aromatic N) is 4. The minimum atomic E-state index is -0.203. The predicted molar refractivity (Wildman–Crippen MR) is 103 cm³/mol. The molecule has 3 rings (SSSR count). The van der Waals surface area contributed by atoms with Gasteiger partial charge in [-0.05, 0) is 19.1 Å². The topological polar surface area (TPSA) is 109 Å². The quantitative estimate of drug-likeness (QED) is 0.753. The molecule has 0 atom stereocenters. The van der Waals surface area contributed by atoms with E-state index in [4.69, 9.17) is 4.74 Å². The molecule has 0 saturated carbocycles. The van der Waals surface area contributed by atoms with Crippen LogP contribution in [0.25, 0.3) is 0 Å². The average molecular weight is 384 g/mol. The van der Waals surface area contributed by atoms with Crippen LogP contribution in [0.5, 0.6) is 0 Å². The predicted octanol–water partition coefficient (Wildman–Crippen LogP) is 0.667. The van der Waals surface area contributed by atoms with Crippen LogP contribution < -0.4 is 10.6 Å². The van der Waals surface area contributed by atoms with Gasteiger partial charge in [0.25, 0.3) is 11.8 Å². The molecule has 1 aliphatic rings. The molecule has 3 heterocycles. The van der Waals surface area contributed by atoms with E-state index in [9.17, 15) is 9.59 Å². The molecule has 0 aliphatic carbocycles. The first-order valence-corrected chi connectivity index (χ1v) is 9.20. The van der Waals surface area contributed by atoms with Crippen molar-refractivity contribution in [3.8, 4) is 0 Å². The fourth-order valence-electron chi connectivity index (χ4n) is 2.93. The summed E-state index contributed by atoms with van der Waals surface area (Å²) < 4.78 is 5.30. The second-order valence-corrected chi connectivity index (χ2v) is 6.37. The van der Waals surface area contributed by atoms with Gasteiger partial charge >= 0.3 is 0 Å². The van der Waals surface area contributed by atoms with E-state index in [0.717, 1.165) is 0 Å². The van der Waals surface area contributed by atoms with Crippen LogP contribution in [0.1, 0.15) is 32.2 Å². The molecule has 1 saturated heterocycles. The number of hydrogen-bond donors (Lipinski definition) is 2. The Morgan fingerprint density at radius 3 is 2.79 bits per heavy atom. The number of aromatic nitrogens is 3. The summed E-state index contributed by atoms with van der Waals surface area (Å²) in [4.78, 5) is 39.6. The Morgan fingerprint density at radius 1 is 1.25 bits per heavy atom. The Morgan fingerprint density at radius 2 is 2.04 bits per heavy atom. The van der Waals surface area contributed by atoms with E-state index in [1.54, 1.807) is 43.4 Å². The van der Waals surface area contributed by atoms with Crippen molar-refractivity contribution in [3.05, 3.63) is 47.2 Å². The van der Waals surface area contributed by atoms with Gasteiger partial charge in [0.1, 0.15) is 11.6 Å². The third-order valence-electron chi connectivity index (χ3n) is 4.44. The lowest BCUT2D eigenvalue weighted by Gasteiger charge is -2.27. The summed E-state index contributed by atoms with van der Waals surface area (Å²) in [5.41, 5.74) is 1.63. The van der Waals surface area contributed by atoms with Gasteiger partial charge in [-0.25, -0.2) is 15.0 Å². The smallest absolute Gasteiger partial charge is 0.257 e. The number of carbonyl (C=O) groups is 2. The van der Waals surface area contributed by atoms with Gasteiger partial charge in [-0.15, -0.1) is 0 Å². The van der Waals surface area contributed by atoms with Crippen molar-refractivity contribution < 1.29 is 14.3 Å². The average Bonchev–Trinajstić information content (AvgIpc) is 2.74. The summed E-state index contributed by atoms with van der Waals surface area (Å²) in [6, 6.07) is 3.33. The van der Waals surface area contributed by atoms with Crippen molar-refractivity contribution in [1.82, 2.24) is 25.2 Å². The van der Waals surface area contributed by atoms with Crippen LogP contribution in [-0.2, 0) is 11.2 Å². The lowest BCUT2D eigenvalue weighted by atomic mass is 10.1. The zero-order valence-electron chi connectivity index (χ0n) is 16.1. The number of amides is 2. The Kier molecular flexibility index (Phi) is 6.49. The summed E-state index contributed by atoms with van der Waals surface area (Å²) in [6.45, 7) is 4.31. The normalized spacial score (nSPS) is 13.9. The lowest BCUT2D eigenvalue weighted by Crippen LogP contribution is -2.41. The summed E-state index contributed by atoms with van der Waals surface area (Å²) in [7, 11) is 1.74. The maximum atomic E-state index is 12.8. The summed E-state index contributed by atoms with van der Waals surface area (Å²) in [6.07, 6.45) is 3.58. The molecule has 1 fully saturated rings. The van der Waals surface area contributed by atoms with Crippen molar-refractivity contribution in [3.63, 3.8) is 0 Å². The summed E-state index contributed by atoms with van der Waals surface area (Å²) >= 11 is 0. The molecule has 2 aromatic rings. The van der Waals surface area contributed by atoms with Crippen molar-refractivity contribution in [2.75, 3.05) is 45.2 Å². The maximum absolute atomic E-state index is 12.8. The molecular weight excluding hydrogens is 360 g/mol. The van der Waals surface area contributed by atoms with Gasteiger partial charge in [0.05, 0.1) is 24.5 Å². The number of aryl methyl sites for hydroxylation is 1. The third-order valence-corrected chi connectivity index (χ3v) is 4.44. The highest BCUT2D eigenvalue weighted by Gasteiger charge is 2.22. The van der Waals surface area contributed by atoms with Crippen LogP contribution in [0.3, 0.4) is 0 Å². The number of morpholine rings is 1. The zero-order chi connectivity index (χ0) is 19.9. The van der Waals surface area contributed by atoms with Gasteiger partial charge in [0, 0.05) is 51.1 Å². The van der Waals surface area contributed by atoms with Crippen molar-refractivity contribution in [1.29, 1.82) is 0 Å². The minimum absolute atomic E-state index is 0.0996. The fraction of sp³-hybridized carbons (Fsp3) is 0.421. The molecule has 9 nitrogen and oxygen atoms in total. The monoisotopic (exact) mass is 384 g/mol. The summed E-state index contributed by atoms with van der Waals surface area (Å²) in [5, 5.41) is 5.77. The number of nitrogens with one attached hydrogen (secondary N) is 2. The Balaban J connectivity index is 1.65. The maximum Gasteiger partial charge on any atom is 0.257 e. The highest BCUT2D eigenvalue weighted by atomic mass is 16.5. The number of carbonyl (C=O) groups excluding carboxylic acids is 2. The number of rotatable bonds is 6. The minimum Gasteiger partial charge on any atom is -0.378 e.